The van der Waals surface area contributed by atoms with Gasteiger partial charge in [0.15, 0.2) is 0 Å². The first-order chi connectivity index (χ1) is 14.3. The fourth-order valence-electron chi connectivity index (χ4n) is 3.40. The highest BCUT2D eigenvalue weighted by Gasteiger charge is 2.31. The summed E-state index contributed by atoms with van der Waals surface area (Å²) in [7, 11) is 0. The van der Waals surface area contributed by atoms with Crippen molar-refractivity contribution in [1.82, 2.24) is 4.90 Å². The number of thiocarbonyl (C=S) groups is 1. The molecule has 1 fully saturated rings. The molecule has 4 nitrogen and oxygen atoms in total. The summed E-state index contributed by atoms with van der Waals surface area (Å²) in [5, 5.41) is 3.58. The molecule has 1 N–H and O–H groups in total. The molecule has 0 spiro atoms. The molecule has 0 atom stereocenters. The largest absolute Gasteiger partial charge is 0.326 e. The lowest BCUT2D eigenvalue weighted by Crippen LogP contribution is -2.29. The van der Waals surface area contributed by atoms with Crippen LogP contribution in [0.3, 0.4) is 0 Å². The molecule has 0 aromatic heterocycles. The second-order valence-electron chi connectivity index (χ2n) is 7.28. The second-order valence-corrected chi connectivity index (χ2v) is 9.36. The molecule has 0 unspecified atom stereocenters. The Balaban J connectivity index is 1.57. The molecule has 30 heavy (non-hydrogen) atoms. The molecule has 156 valence electrons. The molecule has 1 saturated heterocycles. The molecule has 0 saturated carbocycles. The average molecular weight is 459 g/mol. The molecule has 1 aliphatic heterocycles. The van der Waals surface area contributed by atoms with Crippen LogP contribution in [0, 0.1) is 20.8 Å². The van der Waals surface area contributed by atoms with Crippen molar-refractivity contribution < 1.29 is 9.59 Å². The summed E-state index contributed by atoms with van der Waals surface area (Å²) in [6.07, 6.45) is 2.60. The summed E-state index contributed by atoms with van der Waals surface area (Å²) < 4.78 is 0.504. The number of halogens is 1. The third-order valence-electron chi connectivity index (χ3n) is 4.79. The van der Waals surface area contributed by atoms with Gasteiger partial charge < -0.3 is 5.32 Å². The van der Waals surface area contributed by atoms with Gasteiger partial charge in [0.2, 0.25) is 5.91 Å². The van der Waals surface area contributed by atoms with Crippen LogP contribution in [-0.4, -0.2) is 27.6 Å². The number of hydrogen-bond donors (Lipinski definition) is 1. The monoisotopic (exact) mass is 458 g/mol. The Labute approximate surface area is 191 Å². The van der Waals surface area contributed by atoms with Crippen LogP contribution in [0.5, 0.6) is 0 Å². The molecule has 1 heterocycles. The zero-order chi connectivity index (χ0) is 21.8. The van der Waals surface area contributed by atoms with Crippen molar-refractivity contribution in [3.05, 3.63) is 68.6 Å². The molecular weight excluding hydrogens is 436 g/mol. The summed E-state index contributed by atoms with van der Waals surface area (Å²) >= 11 is 12.8. The quantitative estimate of drug-likeness (QED) is 0.433. The molecule has 3 rings (SSSR count). The normalized spacial score (nSPS) is 15.2. The minimum absolute atomic E-state index is 0.0675. The lowest BCUT2D eigenvalue weighted by atomic mass is 10.0. The Morgan fingerprint density at radius 3 is 2.53 bits per heavy atom. The maximum atomic E-state index is 12.7. The lowest BCUT2D eigenvalue weighted by molar-refractivity contribution is -0.122. The summed E-state index contributed by atoms with van der Waals surface area (Å²) in [5.41, 5.74) is 4.90. The minimum Gasteiger partial charge on any atom is -0.326 e. The van der Waals surface area contributed by atoms with Gasteiger partial charge in [0, 0.05) is 23.7 Å². The number of thioether (sulfide) groups is 1. The Bertz CT molecular complexity index is 1030. The summed E-state index contributed by atoms with van der Waals surface area (Å²) in [6.45, 7) is 6.42. The van der Waals surface area contributed by atoms with E-state index >= 15 is 0 Å². The van der Waals surface area contributed by atoms with Crippen molar-refractivity contribution >= 4 is 63.5 Å². The van der Waals surface area contributed by atoms with Crippen LogP contribution in [0.15, 0.2) is 41.3 Å². The van der Waals surface area contributed by atoms with Gasteiger partial charge in [-0.25, -0.2) is 0 Å². The van der Waals surface area contributed by atoms with E-state index in [9.17, 15) is 9.59 Å². The predicted molar refractivity (Wildman–Crippen MR) is 130 cm³/mol. The molecular formula is C23H23ClN2O2S2. The molecule has 7 heteroatoms. The van der Waals surface area contributed by atoms with E-state index in [0.29, 0.717) is 33.6 Å². The second kappa shape index (κ2) is 9.77. The van der Waals surface area contributed by atoms with E-state index in [1.807, 2.05) is 51.1 Å². The molecule has 1 aliphatic rings. The van der Waals surface area contributed by atoms with Crippen LogP contribution in [0.2, 0.25) is 5.02 Å². The number of nitrogens with one attached hydrogen (secondary N) is 1. The molecule has 2 aromatic carbocycles. The van der Waals surface area contributed by atoms with Crippen LogP contribution in [-0.2, 0) is 9.59 Å². The van der Waals surface area contributed by atoms with Gasteiger partial charge in [-0.2, -0.15) is 0 Å². The predicted octanol–water partition coefficient (Wildman–Crippen LogP) is 5.89. The zero-order valence-electron chi connectivity index (χ0n) is 17.1. The number of aryl methyl sites for hydroxylation is 3. The molecule has 2 amide bonds. The van der Waals surface area contributed by atoms with E-state index in [4.69, 9.17) is 23.8 Å². The topological polar surface area (TPSA) is 49.4 Å². The Hall–Kier alpha value is -2.15. The molecule has 0 bridgehead atoms. The Morgan fingerprint density at radius 1 is 1.20 bits per heavy atom. The number of carbonyl (C=O) groups excluding carboxylic acids is 2. The number of hydrogen-bond acceptors (Lipinski definition) is 4. The first-order valence-corrected chi connectivity index (χ1v) is 11.2. The maximum Gasteiger partial charge on any atom is 0.266 e. The van der Waals surface area contributed by atoms with E-state index in [1.54, 1.807) is 17.0 Å². The van der Waals surface area contributed by atoms with Crippen molar-refractivity contribution in [2.24, 2.45) is 0 Å². The summed E-state index contributed by atoms with van der Waals surface area (Å²) in [5.74, 6) is -0.211. The van der Waals surface area contributed by atoms with Crippen LogP contribution < -0.4 is 5.32 Å². The van der Waals surface area contributed by atoms with Crippen molar-refractivity contribution in [1.29, 1.82) is 0 Å². The summed E-state index contributed by atoms with van der Waals surface area (Å²) in [4.78, 5) is 27.2. The highest BCUT2D eigenvalue weighted by Crippen LogP contribution is 2.34. The smallest absolute Gasteiger partial charge is 0.266 e. The lowest BCUT2D eigenvalue weighted by Gasteiger charge is -2.15. The van der Waals surface area contributed by atoms with Gasteiger partial charge in [-0.05, 0) is 56.0 Å². The van der Waals surface area contributed by atoms with E-state index in [0.717, 1.165) is 22.4 Å². The van der Waals surface area contributed by atoms with Gasteiger partial charge in [0.25, 0.3) is 5.91 Å². The van der Waals surface area contributed by atoms with E-state index in [2.05, 4.69) is 5.32 Å². The number of benzene rings is 2. The van der Waals surface area contributed by atoms with Crippen molar-refractivity contribution in [3.8, 4) is 0 Å². The third-order valence-corrected chi connectivity index (χ3v) is 6.51. The highest BCUT2D eigenvalue weighted by atomic mass is 35.5. The van der Waals surface area contributed by atoms with Crippen LogP contribution in [0.4, 0.5) is 5.69 Å². The fraction of sp³-hybridized carbons (Fsp3) is 0.261. The first kappa shape index (κ1) is 22.5. The van der Waals surface area contributed by atoms with Gasteiger partial charge in [0.05, 0.1) is 4.91 Å². The van der Waals surface area contributed by atoms with E-state index in [1.165, 1.54) is 17.3 Å². The number of carbonyl (C=O) groups is 2. The van der Waals surface area contributed by atoms with Crippen molar-refractivity contribution in [2.75, 3.05) is 11.9 Å². The molecule has 0 aliphatic carbocycles. The van der Waals surface area contributed by atoms with Gasteiger partial charge in [-0.3, -0.25) is 14.5 Å². The van der Waals surface area contributed by atoms with Crippen LogP contribution in [0.25, 0.3) is 6.08 Å². The van der Waals surface area contributed by atoms with Gasteiger partial charge in [-0.1, -0.05) is 71.5 Å². The van der Waals surface area contributed by atoms with Crippen LogP contribution in [0.1, 0.15) is 35.1 Å². The summed E-state index contributed by atoms with van der Waals surface area (Å²) in [6, 6.07) is 11.4. The maximum absolute atomic E-state index is 12.7. The van der Waals surface area contributed by atoms with Crippen molar-refractivity contribution in [2.45, 2.75) is 33.6 Å². The molecule has 2 aromatic rings. The number of anilines is 1. The number of amides is 2. The number of rotatable bonds is 6. The van der Waals surface area contributed by atoms with Gasteiger partial charge in [0.1, 0.15) is 4.32 Å². The average Bonchev–Trinajstić information content (AvgIpc) is 2.94. The van der Waals surface area contributed by atoms with Gasteiger partial charge in [-0.15, -0.1) is 0 Å². The first-order valence-electron chi connectivity index (χ1n) is 9.64. The Kier molecular flexibility index (Phi) is 7.34. The highest BCUT2D eigenvalue weighted by molar-refractivity contribution is 8.26. The Morgan fingerprint density at radius 2 is 1.87 bits per heavy atom. The SMILES string of the molecule is Cc1cc(C)c(NC(=O)CCCN2C(=O)C(=Cc3ccccc3Cl)SC2=S)c(C)c1. The number of nitrogens with zero attached hydrogens (tertiary/aromatic N) is 1. The fourth-order valence-corrected chi connectivity index (χ4v) is 4.89. The van der Waals surface area contributed by atoms with Crippen LogP contribution >= 0.6 is 35.6 Å². The van der Waals surface area contributed by atoms with Gasteiger partial charge >= 0.3 is 0 Å². The third kappa shape index (κ3) is 5.31. The van der Waals surface area contributed by atoms with E-state index in [-0.39, 0.29) is 11.8 Å². The molecule has 0 radical (unpaired) electrons. The van der Waals surface area contributed by atoms with E-state index < -0.39 is 0 Å². The zero-order valence-corrected chi connectivity index (χ0v) is 19.5. The minimum atomic E-state index is -0.143. The van der Waals surface area contributed by atoms with Crippen molar-refractivity contribution in [3.63, 3.8) is 0 Å². The standard InChI is InChI=1S/C23H23ClN2O2S2/c1-14-11-15(2)21(16(3)12-14)25-20(27)9-6-10-26-22(28)19(30-23(26)29)13-17-7-4-5-8-18(17)24/h4-5,7-8,11-13H,6,9-10H2,1-3H3,(H,25,27).